The molecule has 1 unspecified atom stereocenters. The number of hydrogen-bond donors (Lipinski definition) is 0. The largest absolute Gasteiger partial charge is 1.20 e. The average molecular weight is 1470 g/mol. The molecule has 5 aromatic heterocycles. The first kappa shape index (κ1) is 71.9. The highest BCUT2D eigenvalue weighted by molar-refractivity contribution is 7.55. The van der Waals surface area contributed by atoms with Crippen molar-refractivity contribution in [2.75, 3.05) is 9.80 Å². The van der Waals surface area contributed by atoms with Gasteiger partial charge in [0.05, 0.1) is 22.4 Å². The first-order valence-corrected chi connectivity index (χ1v) is 39.1. The van der Waals surface area contributed by atoms with Crippen molar-refractivity contribution in [3.8, 4) is 50.6 Å². The fraction of sp³-hybridized carbons (Fsp3) is 0.0306. The van der Waals surface area contributed by atoms with Gasteiger partial charge in [-0.2, -0.15) is 9.12 Å². The summed E-state index contributed by atoms with van der Waals surface area (Å²) < 4.78 is 19.2. The molecule has 0 saturated carbocycles. The van der Waals surface area contributed by atoms with Gasteiger partial charge in [0.2, 0.25) is 0 Å². The number of para-hydroxylation sites is 5. The molecule has 0 aliphatic rings. The molecule has 13 heteroatoms. The lowest BCUT2D eigenvalue weighted by molar-refractivity contribution is 0.311. The molecule has 19 aromatic rings. The molecule has 0 N–H and O–H groups in total. The van der Waals surface area contributed by atoms with Crippen LogP contribution in [-0.4, -0.2) is 47.1 Å². The van der Waals surface area contributed by atoms with Crippen molar-refractivity contribution in [2.24, 2.45) is 0 Å². The summed E-state index contributed by atoms with van der Waals surface area (Å²) >= 11 is -2.86. The lowest BCUT2D eigenvalue weighted by Crippen LogP contribution is -2.37. The number of fused-ring (bicyclic) bond motifs is 8. The van der Waals surface area contributed by atoms with E-state index >= 15 is 0 Å². The van der Waals surface area contributed by atoms with E-state index < -0.39 is 15.1 Å². The Morgan fingerprint density at radius 1 is 0.279 bits per heavy atom. The van der Waals surface area contributed by atoms with Crippen LogP contribution in [0.5, 0.6) is 17.2 Å². The van der Waals surface area contributed by atoms with Crippen LogP contribution in [0.4, 0.5) is 34.1 Å². The van der Waals surface area contributed by atoms with Gasteiger partial charge < -0.3 is 21.2 Å². The summed E-state index contributed by atoms with van der Waals surface area (Å²) in [5.74, 6) is 1.82. The van der Waals surface area contributed by atoms with Crippen molar-refractivity contribution in [3.05, 3.63) is 400 Å². The van der Waals surface area contributed by atoms with Crippen LogP contribution in [0.1, 0.15) is 11.4 Å². The second-order valence-electron chi connectivity index (χ2n) is 26.6. The SMILES string of the molecule is C[B]P.Cc1cc(-c2ccccc2)c2ccc3c(-c4ccccc4)cc(C)nc3c2n1.c1ccc(N(c2ccc(-c3ccc(N(c4ccccc4)c4cccc5ccccc45)cc3)cc2)c2cccc3ccccc23)cc1.c1cnc2c([O][Al]([O]c3cccc4cccnc34)[O]c3cccc4cccnc34)cccc2c1. The maximum Gasteiger partial charge on any atom is 1.20 e. The molecule has 10 nitrogen and oxygen atoms in total. The highest BCUT2D eigenvalue weighted by Gasteiger charge is 2.46. The maximum atomic E-state index is 6.41. The fourth-order valence-electron chi connectivity index (χ4n) is 14.3. The third-order valence-corrected chi connectivity index (χ3v) is 20.6. The molecule has 0 amide bonds. The number of benzene rings is 14. The van der Waals surface area contributed by atoms with Crippen molar-refractivity contribution >= 4 is 141 Å². The minimum Gasteiger partial charge on any atom is -0.576 e. The van der Waals surface area contributed by atoms with Crippen LogP contribution in [0, 0.1) is 13.8 Å². The van der Waals surface area contributed by atoms with Crippen molar-refractivity contribution in [2.45, 2.75) is 20.7 Å². The fourth-order valence-corrected chi connectivity index (χ4v) is 15.6. The van der Waals surface area contributed by atoms with E-state index in [2.05, 4.69) is 315 Å². The van der Waals surface area contributed by atoms with Gasteiger partial charge in [-0.25, -0.2) is 0 Å². The molecule has 0 aliphatic carbocycles. The van der Waals surface area contributed by atoms with Gasteiger partial charge >= 0.3 is 15.1 Å². The van der Waals surface area contributed by atoms with E-state index in [-0.39, 0.29) is 0 Å². The van der Waals surface area contributed by atoms with E-state index in [1.807, 2.05) is 117 Å². The molecule has 1 atom stereocenters. The van der Waals surface area contributed by atoms with Crippen molar-refractivity contribution < 1.29 is 11.4 Å². The number of aryl methyl sites for hydroxylation is 2. The number of pyridine rings is 5. The number of anilines is 6. The van der Waals surface area contributed by atoms with Gasteiger partial charge in [0.1, 0.15) is 40.8 Å². The summed E-state index contributed by atoms with van der Waals surface area (Å²) in [5.41, 5.74) is 20.2. The monoisotopic (exact) mass is 1470 g/mol. The molecule has 19 rings (SSSR count). The topological polar surface area (TPSA) is 98.6 Å². The lowest BCUT2D eigenvalue weighted by Gasteiger charge is -2.27. The van der Waals surface area contributed by atoms with E-state index in [1.165, 1.54) is 54.9 Å². The molecule has 0 fully saturated rings. The van der Waals surface area contributed by atoms with Gasteiger partial charge in [-0.3, -0.25) is 24.9 Å². The molecule has 531 valence electrons. The molecular weight excluding hydrogens is 1390 g/mol. The number of hydrogen-bond acceptors (Lipinski definition) is 10. The molecule has 111 heavy (non-hydrogen) atoms. The van der Waals surface area contributed by atoms with E-state index in [1.54, 1.807) is 18.6 Å². The number of rotatable bonds is 15. The molecule has 0 bridgehead atoms. The molecule has 0 spiro atoms. The van der Waals surface area contributed by atoms with Gasteiger partial charge in [-0.1, -0.05) is 268 Å². The first-order valence-electron chi connectivity index (χ1n) is 37.0. The summed E-state index contributed by atoms with van der Waals surface area (Å²) in [4.78, 5) is 28.0. The van der Waals surface area contributed by atoms with Gasteiger partial charge in [-0.15, -0.1) is 0 Å². The molecule has 14 aromatic carbocycles. The summed E-state index contributed by atoms with van der Waals surface area (Å²) in [6, 6.07) is 128. The molecule has 5 heterocycles. The predicted molar refractivity (Wildman–Crippen MR) is 468 cm³/mol. The Morgan fingerprint density at radius 2 is 0.577 bits per heavy atom. The van der Waals surface area contributed by atoms with Crippen LogP contribution in [0.3, 0.4) is 0 Å². The smallest absolute Gasteiger partial charge is 0.576 e. The summed E-state index contributed by atoms with van der Waals surface area (Å²) in [6.45, 7) is 7.99. The Morgan fingerprint density at radius 3 is 0.946 bits per heavy atom. The van der Waals surface area contributed by atoms with Gasteiger partial charge in [0, 0.05) is 90.4 Å². The summed E-state index contributed by atoms with van der Waals surface area (Å²) in [6.07, 6.45) is 5.24. The van der Waals surface area contributed by atoms with Crippen molar-refractivity contribution in [3.63, 3.8) is 0 Å². The van der Waals surface area contributed by atoms with Crippen LogP contribution >= 0.6 is 9.12 Å². The van der Waals surface area contributed by atoms with Crippen molar-refractivity contribution in [1.82, 2.24) is 24.9 Å². The second-order valence-corrected chi connectivity index (χ2v) is 28.6. The molecular formula is C98H75AlBN7O3P. The zero-order valence-electron chi connectivity index (χ0n) is 61.5. The molecule has 0 saturated heterocycles. The van der Waals surface area contributed by atoms with Crippen molar-refractivity contribution in [1.29, 1.82) is 0 Å². The normalized spacial score (nSPS) is 10.9. The van der Waals surface area contributed by atoms with E-state index in [9.17, 15) is 0 Å². The Balaban J connectivity index is 0.000000128. The zero-order valence-corrected chi connectivity index (χ0v) is 63.8. The number of nitrogens with zero attached hydrogens (tertiary/aromatic N) is 7. The summed E-state index contributed by atoms with van der Waals surface area (Å²) in [7, 11) is 2.45. The minimum absolute atomic E-state index is 0.608. The minimum atomic E-state index is -2.86. The highest BCUT2D eigenvalue weighted by Crippen LogP contribution is 2.43. The molecule has 0 aliphatic heterocycles. The second kappa shape index (κ2) is 33.9. The standard InChI is InChI=1S/C44H32N2.C26H20N2.3C9H7NO.CH5BP.Al/c1-3-17-37(18-4-1)45(43-23-11-15-35-13-7-9-21-41(35)43)39-29-25-33(26-30-39)34-27-31-40(32-28-34)46(38-19-5-2-6-20-38)44-24-12-16-36-14-8-10-22-42(36)44;1-17-15-23(19-9-5-3-6-10-19)21-13-14-22-24(20-11-7-4-8-12-20)16-18(2)28-26(22)25(21)27-17;3*11-8-5-1-3-7-4-2-6-10-9(7)8;1-2-3;/h1-32H;3-16H,1-2H3;3*1-6,11H;3H2,1H3;/q;;;;;;+3/p-3. The Kier molecular flexibility index (Phi) is 21.9. The van der Waals surface area contributed by atoms with Crippen LogP contribution in [0.25, 0.3) is 109 Å². The van der Waals surface area contributed by atoms with E-state index in [0.29, 0.717) is 17.2 Å². The van der Waals surface area contributed by atoms with Gasteiger partial charge in [0.25, 0.3) is 0 Å². The third-order valence-electron chi connectivity index (χ3n) is 19.3. The Labute approximate surface area is 654 Å². The van der Waals surface area contributed by atoms with Gasteiger partial charge in [0.15, 0.2) is 0 Å². The first-order chi connectivity index (χ1) is 54.8. The molecule has 1 radical (unpaired) electrons. The lowest BCUT2D eigenvalue weighted by atomic mass is 9.95. The van der Waals surface area contributed by atoms with Crippen LogP contribution in [0.2, 0.25) is 6.82 Å². The Bertz CT molecular complexity index is 5950. The predicted octanol–water partition coefficient (Wildman–Crippen LogP) is 25.7. The zero-order chi connectivity index (χ0) is 75.2. The maximum absolute atomic E-state index is 6.41. The number of aromatic nitrogens is 5. The van der Waals surface area contributed by atoms with E-state index in [4.69, 9.17) is 21.3 Å². The summed E-state index contributed by atoms with van der Waals surface area (Å²) in [5, 5.41) is 10.1. The van der Waals surface area contributed by atoms with Crippen LogP contribution < -0.4 is 21.2 Å². The quantitative estimate of drug-likeness (QED) is 0.0561. The highest BCUT2D eigenvalue weighted by atomic mass is 31.0. The average Bonchev–Trinajstić information content (AvgIpc) is 0.746. The van der Waals surface area contributed by atoms with Gasteiger partial charge in [-0.05, 0) is 167 Å². The van der Waals surface area contributed by atoms with Crippen LogP contribution in [0.15, 0.2) is 389 Å². The van der Waals surface area contributed by atoms with E-state index in [0.717, 1.165) is 100 Å². The van der Waals surface area contributed by atoms with Crippen LogP contribution in [-0.2, 0) is 0 Å². The third kappa shape index (κ3) is 16.0. The Hall–Kier alpha value is -13.3.